The van der Waals surface area contributed by atoms with Crippen LogP contribution in [0.15, 0.2) is 24.3 Å². The Bertz CT molecular complexity index is 806. The standard InChI is InChI=1S/C20H26N4O3S/c1-3-27-20(26)16-5-4-10-24(12-16)13-17-22-23-19(28-17)18(25)21-11-15-8-6-14(2)7-9-15/h6-9,16H,3-5,10-13H2,1-2H3,(H,21,25)/t16-/m1/s1. The fourth-order valence-corrected chi connectivity index (χ4v) is 4.01. The molecule has 1 fully saturated rings. The van der Waals surface area contributed by atoms with Crippen molar-refractivity contribution in [2.75, 3.05) is 19.7 Å². The molecule has 28 heavy (non-hydrogen) atoms. The number of nitrogens with one attached hydrogen (secondary N) is 1. The lowest BCUT2D eigenvalue weighted by Gasteiger charge is -2.30. The van der Waals surface area contributed by atoms with Crippen LogP contribution in [0.5, 0.6) is 0 Å². The Kier molecular flexibility index (Phi) is 7.11. The monoisotopic (exact) mass is 402 g/mol. The van der Waals surface area contributed by atoms with Gasteiger partial charge in [0.1, 0.15) is 5.01 Å². The fourth-order valence-electron chi connectivity index (χ4n) is 3.22. The van der Waals surface area contributed by atoms with Gasteiger partial charge in [-0.3, -0.25) is 14.5 Å². The second kappa shape index (κ2) is 9.75. The minimum Gasteiger partial charge on any atom is -0.466 e. The van der Waals surface area contributed by atoms with Crippen LogP contribution in [-0.4, -0.2) is 46.7 Å². The van der Waals surface area contributed by atoms with E-state index in [4.69, 9.17) is 4.74 Å². The van der Waals surface area contributed by atoms with Crippen LogP contribution in [0.2, 0.25) is 0 Å². The lowest BCUT2D eigenvalue weighted by atomic mass is 9.98. The second-order valence-corrected chi connectivity index (χ2v) is 8.06. The van der Waals surface area contributed by atoms with Crippen molar-refractivity contribution in [3.05, 3.63) is 45.4 Å². The molecule has 1 aliphatic heterocycles. The number of hydrogen-bond donors (Lipinski definition) is 1. The first-order valence-electron chi connectivity index (χ1n) is 9.60. The van der Waals surface area contributed by atoms with Gasteiger partial charge in [-0.05, 0) is 38.8 Å². The molecule has 8 heteroatoms. The van der Waals surface area contributed by atoms with Crippen molar-refractivity contribution < 1.29 is 14.3 Å². The average molecular weight is 403 g/mol. The summed E-state index contributed by atoms with van der Waals surface area (Å²) in [5.41, 5.74) is 2.23. The highest BCUT2D eigenvalue weighted by Crippen LogP contribution is 2.21. The van der Waals surface area contributed by atoms with Gasteiger partial charge in [-0.25, -0.2) is 0 Å². The zero-order chi connectivity index (χ0) is 19.9. The largest absolute Gasteiger partial charge is 0.466 e. The zero-order valence-electron chi connectivity index (χ0n) is 16.3. The van der Waals surface area contributed by atoms with Crippen LogP contribution in [0, 0.1) is 12.8 Å². The van der Waals surface area contributed by atoms with Gasteiger partial charge in [-0.2, -0.15) is 0 Å². The topological polar surface area (TPSA) is 84.4 Å². The van der Waals surface area contributed by atoms with Gasteiger partial charge in [0.25, 0.3) is 5.91 Å². The van der Waals surface area contributed by atoms with Crippen LogP contribution in [0.25, 0.3) is 0 Å². The van der Waals surface area contributed by atoms with E-state index in [0.717, 1.165) is 30.0 Å². The van der Waals surface area contributed by atoms with Crippen molar-refractivity contribution in [1.29, 1.82) is 0 Å². The summed E-state index contributed by atoms with van der Waals surface area (Å²) in [6.45, 7) is 6.89. The first-order chi connectivity index (χ1) is 13.5. The van der Waals surface area contributed by atoms with Gasteiger partial charge in [-0.1, -0.05) is 41.2 Å². The molecule has 1 atom stereocenters. The van der Waals surface area contributed by atoms with Gasteiger partial charge in [0.2, 0.25) is 5.01 Å². The molecule has 2 heterocycles. The van der Waals surface area contributed by atoms with Crippen LogP contribution in [0.4, 0.5) is 0 Å². The number of esters is 1. The summed E-state index contributed by atoms with van der Waals surface area (Å²) in [6.07, 6.45) is 1.81. The molecular weight excluding hydrogens is 376 g/mol. The van der Waals surface area contributed by atoms with E-state index in [0.29, 0.717) is 31.2 Å². The smallest absolute Gasteiger partial charge is 0.310 e. The Hall–Kier alpha value is -2.32. The Morgan fingerprint density at radius 1 is 1.29 bits per heavy atom. The number of ether oxygens (including phenoxy) is 1. The lowest BCUT2D eigenvalue weighted by Crippen LogP contribution is -2.38. The normalized spacial score (nSPS) is 17.3. The van der Waals surface area contributed by atoms with E-state index in [-0.39, 0.29) is 17.8 Å². The van der Waals surface area contributed by atoms with E-state index in [1.807, 2.05) is 38.1 Å². The number of carbonyl (C=O) groups is 2. The Labute approximate surface area is 169 Å². The lowest BCUT2D eigenvalue weighted by molar-refractivity contribution is -0.150. The molecule has 7 nitrogen and oxygen atoms in total. The fraction of sp³-hybridized carbons (Fsp3) is 0.500. The van der Waals surface area contributed by atoms with E-state index >= 15 is 0 Å². The first-order valence-corrected chi connectivity index (χ1v) is 10.4. The van der Waals surface area contributed by atoms with E-state index in [1.54, 1.807) is 0 Å². The SMILES string of the molecule is CCOC(=O)[C@@H]1CCCN(Cc2nnc(C(=O)NCc3ccc(C)cc3)s2)C1. The Balaban J connectivity index is 1.51. The van der Waals surface area contributed by atoms with Crippen molar-refractivity contribution in [3.8, 4) is 0 Å². The van der Waals surface area contributed by atoms with E-state index in [9.17, 15) is 9.59 Å². The molecule has 0 radical (unpaired) electrons. The molecule has 3 rings (SSSR count). The third kappa shape index (κ3) is 5.59. The predicted molar refractivity (Wildman–Crippen MR) is 107 cm³/mol. The number of benzene rings is 1. The molecule has 0 spiro atoms. The Morgan fingerprint density at radius 3 is 2.82 bits per heavy atom. The van der Waals surface area contributed by atoms with Crippen molar-refractivity contribution in [3.63, 3.8) is 0 Å². The molecule has 1 aromatic heterocycles. The minimum atomic E-state index is -0.215. The van der Waals surface area contributed by atoms with Crippen molar-refractivity contribution in [2.24, 2.45) is 5.92 Å². The van der Waals surface area contributed by atoms with Gasteiger partial charge in [0, 0.05) is 13.1 Å². The van der Waals surface area contributed by atoms with Crippen LogP contribution >= 0.6 is 11.3 Å². The predicted octanol–water partition coefficient (Wildman–Crippen LogP) is 2.55. The molecule has 1 aromatic carbocycles. The van der Waals surface area contributed by atoms with Crippen molar-refractivity contribution >= 4 is 23.2 Å². The number of likely N-dealkylation sites (tertiary alicyclic amines) is 1. The van der Waals surface area contributed by atoms with Gasteiger partial charge in [0.05, 0.1) is 19.1 Å². The number of aromatic nitrogens is 2. The highest BCUT2D eigenvalue weighted by Gasteiger charge is 2.27. The van der Waals surface area contributed by atoms with Crippen molar-refractivity contribution in [1.82, 2.24) is 20.4 Å². The summed E-state index contributed by atoms with van der Waals surface area (Å²) < 4.78 is 5.14. The summed E-state index contributed by atoms with van der Waals surface area (Å²) in [7, 11) is 0. The number of carbonyl (C=O) groups excluding carboxylic acids is 2. The Morgan fingerprint density at radius 2 is 2.07 bits per heavy atom. The number of hydrogen-bond acceptors (Lipinski definition) is 7. The molecule has 1 saturated heterocycles. The van der Waals surface area contributed by atoms with Gasteiger partial charge in [-0.15, -0.1) is 10.2 Å². The van der Waals surface area contributed by atoms with E-state index in [1.165, 1.54) is 16.9 Å². The molecule has 1 N–H and O–H groups in total. The average Bonchev–Trinajstić information content (AvgIpc) is 3.16. The maximum Gasteiger partial charge on any atom is 0.310 e. The molecule has 1 amide bonds. The number of amides is 1. The summed E-state index contributed by atoms with van der Waals surface area (Å²) in [5.74, 6) is -0.424. The molecule has 150 valence electrons. The summed E-state index contributed by atoms with van der Waals surface area (Å²) in [4.78, 5) is 26.5. The van der Waals surface area contributed by atoms with Crippen LogP contribution in [0.1, 0.15) is 45.7 Å². The number of aryl methyl sites for hydroxylation is 1. The van der Waals surface area contributed by atoms with E-state index in [2.05, 4.69) is 20.4 Å². The second-order valence-electron chi connectivity index (χ2n) is 7.00. The molecule has 0 saturated carbocycles. The van der Waals surface area contributed by atoms with Crippen LogP contribution < -0.4 is 5.32 Å². The number of nitrogens with zero attached hydrogens (tertiary/aromatic N) is 3. The number of rotatable bonds is 7. The molecule has 2 aromatic rings. The summed E-state index contributed by atoms with van der Waals surface area (Å²) >= 11 is 1.30. The maximum absolute atomic E-state index is 12.3. The summed E-state index contributed by atoms with van der Waals surface area (Å²) in [6, 6.07) is 8.04. The van der Waals surface area contributed by atoms with Crippen molar-refractivity contribution in [2.45, 2.75) is 39.8 Å². The molecule has 0 aliphatic carbocycles. The first kappa shape index (κ1) is 20.4. The van der Waals surface area contributed by atoms with Gasteiger partial charge < -0.3 is 10.1 Å². The maximum atomic E-state index is 12.3. The zero-order valence-corrected chi connectivity index (χ0v) is 17.1. The van der Waals surface area contributed by atoms with E-state index < -0.39 is 0 Å². The minimum absolute atomic E-state index is 0.0844. The highest BCUT2D eigenvalue weighted by atomic mass is 32.1. The van der Waals surface area contributed by atoms with Crippen LogP contribution in [-0.2, 0) is 22.6 Å². The van der Waals surface area contributed by atoms with Crippen LogP contribution in [0.3, 0.4) is 0 Å². The third-order valence-corrected chi connectivity index (χ3v) is 5.63. The molecule has 1 aliphatic rings. The van der Waals surface area contributed by atoms with Gasteiger partial charge in [0.15, 0.2) is 0 Å². The molecule has 0 unspecified atom stereocenters. The summed E-state index contributed by atoms with van der Waals surface area (Å²) in [5, 5.41) is 12.2. The molecule has 0 bridgehead atoms. The quantitative estimate of drug-likeness (QED) is 0.717. The van der Waals surface area contributed by atoms with Gasteiger partial charge >= 0.3 is 5.97 Å². The highest BCUT2D eigenvalue weighted by molar-refractivity contribution is 7.13. The molecular formula is C20H26N4O3S. The third-order valence-electron chi connectivity index (χ3n) is 4.72. The number of piperidine rings is 1.